The molecular formula is C10H15ClN4. The molecule has 1 heterocycles. The molecule has 0 amide bonds. The number of hydrazine groups is 1. The number of nitrogens with two attached hydrogens (primary N) is 1. The Bertz CT molecular complexity index is 351. The highest BCUT2D eigenvalue weighted by molar-refractivity contribution is 6.31. The molecule has 0 saturated heterocycles. The molecule has 0 bridgehead atoms. The summed E-state index contributed by atoms with van der Waals surface area (Å²) in [5, 5.41) is 0.696. The third-order valence-corrected chi connectivity index (χ3v) is 2.98. The van der Waals surface area contributed by atoms with Crippen LogP contribution in [0.3, 0.4) is 0 Å². The van der Waals surface area contributed by atoms with E-state index in [4.69, 9.17) is 17.4 Å². The summed E-state index contributed by atoms with van der Waals surface area (Å²) in [6.45, 7) is 0.777. The first-order valence-corrected chi connectivity index (χ1v) is 5.41. The molecule has 0 unspecified atom stereocenters. The van der Waals surface area contributed by atoms with Gasteiger partial charge < -0.3 is 5.43 Å². The lowest BCUT2D eigenvalue weighted by atomic mass is 10.3. The maximum Gasteiger partial charge on any atom is 0.140 e. The van der Waals surface area contributed by atoms with Gasteiger partial charge in [-0.2, -0.15) is 0 Å². The van der Waals surface area contributed by atoms with Crippen LogP contribution in [-0.4, -0.2) is 23.0 Å². The number of rotatable bonds is 4. The molecule has 0 spiro atoms. The molecule has 3 N–H and O–H groups in total. The van der Waals surface area contributed by atoms with Crippen LogP contribution in [0, 0.1) is 0 Å². The second-order valence-electron chi connectivity index (χ2n) is 3.92. The Morgan fingerprint density at radius 3 is 2.93 bits per heavy atom. The summed E-state index contributed by atoms with van der Waals surface area (Å²) in [6, 6.07) is 4.29. The molecule has 1 fully saturated rings. The highest BCUT2D eigenvalue weighted by atomic mass is 35.5. The molecular weight excluding hydrogens is 212 g/mol. The Morgan fingerprint density at radius 1 is 1.60 bits per heavy atom. The second-order valence-corrected chi connectivity index (χ2v) is 4.32. The lowest BCUT2D eigenvalue weighted by Gasteiger charge is -2.16. The zero-order valence-corrected chi connectivity index (χ0v) is 9.46. The number of nitrogens with zero attached hydrogens (tertiary/aromatic N) is 2. The summed E-state index contributed by atoms with van der Waals surface area (Å²) in [5.41, 5.74) is 3.40. The minimum Gasteiger partial charge on any atom is -0.308 e. The third kappa shape index (κ3) is 2.59. The van der Waals surface area contributed by atoms with E-state index >= 15 is 0 Å². The number of hydrogen-bond donors (Lipinski definition) is 2. The number of anilines is 1. The minimum atomic E-state index is 0.651. The normalized spacial score (nSPS) is 15.7. The molecule has 5 heteroatoms. The molecule has 2 rings (SSSR count). The smallest absolute Gasteiger partial charge is 0.140 e. The number of aromatic nitrogens is 1. The Kier molecular flexibility index (Phi) is 3.09. The van der Waals surface area contributed by atoms with E-state index in [1.807, 2.05) is 6.07 Å². The Hall–Kier alpha value is -0.840. The molecule has 1 aliphatic carbocycles. The molecule has 1 saturated carbocycles. The standard InChI is InChI=1S/C10H15ClN4/c1-15(7-2-3-7)6-9-8(11)4-5-10(13-9)14-12/h4-5,7H,2-3,6,12H2,1H3,(H,13,14). The Labute approximate surface area is 94.4 Å². The minimum absolute atomic E-state index is 0.651. The first-order valence-electron chi connectivity index (χ1n) is 5.03. The number of halogens is 1. The molecule has 0 aliphatic heterocycles. The van der Waals surface area contributed by atoms with Crippen LogP contribution in [0.15, 0.2) is 12.1 Å². The van der Waals surface area contributed by atoms with E-state index in [2.05, 4.69) is 22.4 Å². The van der Waals surface area contributed by atoms with Gasteiger partial charge in [-0.1, -0.05) is 11.6 Å². The SMILES string of the molecule is CN(Cc1nc(NN)ccc1Cl)C1CC1. The largest absolute Gasteiger partial charge is 0.308 e. The predicted molar refractivity (Wildman–Crippen MR) is 61.5 cm³/mol. The predicted octanol–water partition coefficient (Wildman–Crippen LogP) is 1.61. The van der Waals surface area contributed by atoms with E-state index in [0.29, 0.717) is 16.9 Å². The topological polar surface area (TPSA) is 54.2 Å². The average molecular weight is 227 g/mol. The van der Waals surface area contributed by atoms with E-state index < -0.39 is 0 Å². The van der Waals surface area contributed by atoms with Gasteiger partial charge in [0.2, 0.25) is 0 Å². The van der Waals surface area contributed by atoms with Gasteiger partial charge in [0.25, 0.3) is 0 Å². The fourth-order valence-electron chi connectivity index (χ4n) is 1.56. The van der Waals surface area contributed by atoms with Gasteiger partial charge >= 0.3 is 0 Å². The van der Waals surface area contributed by atoms with E-state index in [9.17, 15) is 0 Å². The first-order chi connectivity index (χ1) is 7.20. The number of nitrogen functional groups attached to an aromatic ring is 1. The average Bonchev–Trinajstić information content (AvgIpc) is 3.04. The van der Waals surface area contributed by atoms with Crippen LogP contribution in [0.25, 0.3) is 0 Å². The van der Waals surface area contributed by atoms with Gasteiger partial charge in [-0.15, -0.1) is 0 Å². The van der Waals surface area contributed by atoms with Crippen molar-refractivity contribution in [2.24, 2.45) is 5.84 Å². The summed E-state index contributed by atoms with van der Waals surface area (Å²) in [7, 11) is 2.10. The molecule has 82 valence electrons. The van der Waals surface area contributed by atoms with Crippen molar-refractivity contribution in [2.75, 3.05) is 12.5 Å². The molecule has 0 atom stereocenters. The lowest BCUT2D eigenvalue weighted by molar-refractivity contribution is 0.313. The fourth-order valence-corrected chi connectivity index (χ4v) is 1.72. The van der Waals surface area contributed by atoms with Crippen molar-refractivity contribution in [3.05, 3.63) is 22.8 Å². The van der Waals surface area contributed by atoms with E-state index in [0.717, 1.165) is 12.2 Å². The van der Waals surface area contributed by atoms with E-state index in [-0.39, 0.29) is 0 Å². The summed E-state index contributed by atoms with van der Waals surface area (Å²) < 4.78 is 0. The molecule has 1 aliphatic rings. The van der Waals surface area contributed by atoms with Crippen molar-refractivity contribution in [2.45, 2.75) is 25.4 Å². The van der Waals surface area contributed by atoms with Gasteiger partial charge in [0.1, 0.15) is 5.82 Å². The lowest BCUT2D eigenvalue weighted by Crippen LogP contribution is -2.21. The highest BCUT2D eigenvalue weighted by Crippen LogP contribution is 2.27. The van der Waals surface area contributed by atoms with Gasteiger partial charge in [0.15, 0.2) is 0 Å². The quantitative estimate of drug-likeness (QED) is 0.605. The van der Waals surface area contributed by atoms with Crippen molar-refractivity contribution >= 4 is 17.4 Å². The van der Waals surface area contributed by atoms with Crippen molar-refractivity contribution in [3.8, 4) is 0 Å². The highest BCUT2D eigenvalue weighted by Gasteiger charge is 2.26. The van der Waals surface area contributed by atoms with Gasteiger partial charge in [0, 0.05) is 12.6 Å². The molecule has 4 nitrogen and oxygen atoms in total. The first kappa shape index (κ1) is 10.7. The second kappa shape index (κ2) is 4.35. The Morgan fingerprint density at radius 2 is 2.33 bits per heavy atom. The zero-order valence-electron chi connectivity index (χ0n) is 8.70. The maximum absolute atomic E-state index is 6.06. The third-order valence-electron chi connectivity index (χ3n) is 2.64. The summed E-state index contributed by atoms with van der Waals surface area (Å²) in [6.07, 6.45) is 2.56. The summed E-state index contributed by atoms with van der Waals surface area (Å²) in [4.78, 5) is 6.60. The molecule has 15 heavy (non-hydrogen) atoms. The van der Waals surface area contributed by atoms with Crippen molar-refractivity contribution < 1.29 is 0 Å². The van der Waals surface area contributed by atoms with Crippen LogP contribution < -0.4 is 11.3 Å². The molecule has 1 aromatic rings. The van der Waals surface area contributed by atoms with Crippen LogP contribution in [0.5, 0.6) is 0 Å². The van der Waals surface area contributed by atoms with Crippen molar-refractivity contribution in [1.29, 1.82) is 0 Å². The van der Waals surface area contributed by atoms with Crippen LogP contribution in [-0.2, 0) is 6.54 Å². The van der Waals surface area contributed by atoms with Crippen molar-refractivity contribution in [3.63, 3.8) is 0 Å². The molecule has 0 aromatic carbocycles. The molecule has 0 radical (unpaired) electrons. The number of pyridine rings is 1. The number of nitrogens with one attached hydrogen (secondary N) is 1. The maximum atomic E-state index is 6.06. The summed E-state index contributed by atoms with van der Waals surface area (Å²) >= 11 is 6.06. The van der Waals surface area contributed by atoms with Gasteiger partial charge in [-0.25, -0.2) is 10.8 Å². The van der Waals surface area contributed by atoms with Crippen LogP contribution in [0.2, 0.25) is 5.02 Å². The van der Waals surface area contributed by atoms with Gasteiger partial charge in [0.05, 0.1) is 10.7 Å². The zero-order chi connectivity index (χ0) is 10.8. The Balaban J connectivity index is 2.11. The van der Waals surface area contributed by atoms with Crippen LogP contribution in [0.1, 0.15) is 18.5 Å². The van der Waals surface area contributed by atoms with E-state index in [1.165, 1.54) is 12.8 Å². The van der Waals surface area contributed by atoms with Crippen LogP contribution in [0.4, 0.5) is 5.82 Å². The number of hydrogen-bond acceptors (Lipinski definition) is 4. The van der Waals surface area contributed by atoms with Crippen LogP contribution >= 0.6 is 11.6 Å². The summed E-state index contributed by atoms with van der Waals surface area (Å²) in [5.74, 6) is 5.95. The fraction of sp³-hybridized carbons (Fsp3) is 0.500. The van der Waals surface area contributed by atoms with E-state index in [1.54, 1.807) is 6.07 Å². The van der Waals surface area contributed by atoms with Crippen molar-refractivity contribution in [1.82, 2.24) is 9.88 Å². The monoisotopic (exact) mass is 226 g/mol. The van der Waals surface area contributed by atoms with Gasteiger partial charge in [-0.05, 0) is 32.0 Å². The van der Waals surface area contributed by atoms with Gasteiger partial charge in [-0.3, -0.25) is 4.90 Å². The molecule has 1 aromatic heterocycles.